The number of ketones is 1. The maximum Gasteiger partial charge on any atom is 0.216 e. The lowest BCUT2D eigenvalue weighted by Gasteiger charge is -2.27. The minimum atomic E-state index is 0.0352. The van der Waals surface area contributed by atoms with Crippen LogP contribution in [-0.2, 0) is 9.59 Å². The SMILES string of the molecule is CC(=O)CCC(C)(C)CC(C)CCNC(C)=O. The number of rotatable bonds is 8. The average Bonchev–Trinajstić information content (AvgIpc) is 2.13. The summed E-state index contributed by atoms with van der Waals surface area (Å²) in [6.07, 6.45) is 3.72. The summed E-state index contributed by atoms with van der Waals surface area (Å²) in [6, 6.07) is 0. The van der Waals surface area contributed by atoms with Crippen LogP contribution in [0.4, 0.5) is 0 Å². The third-order valence-corrected chi connectivity index (χ3v) is 3.07. The highest BCUT2D eigenvalue weighted by molar-refractivity contribution is 5.75. The van der Waals surface area contributed by atoms with Gasteiger partial charge in [0.25, 0.3) is 0 Å². The zero-order chi connectivity index (χ0) is 13.5. The standard InChI is InChI=1S/C14H27NO2/c1-11(7-9-15-13(3)17)10-14(4,5)8-6-12(2)16/h11H,6-10H2,1-5H3,(H,15,17). The van der Waals surface area contributed by atoms with Crippen LogP contribution >= 0.6 is 0 Å². The Balaban J connectivity index is 3.87. The summed E-state index contributed by atoms with van der Waals surface area (Å²) in [6.45, 7) is 10.6. The number of carbonyl (C=O) groups excluding carboxylic acids is 2. The van der Waals surface area contributed by atoms with Gasteiger partial charge in [0.05, 0.1) is 0 Å². The molecule has 0 rings (SSSR count). The van der Waals surface area contributed by atoms with Crippen LogP contribution in [0, 0.1) is 11.3 Å². The van der Waals surface area contributed by atoms with E-state index in [1.165, 1.54) is 0 Å². The topological polar surface area (TPSA) is 46.2 Å². The Labute approximate surface area is 105 Å². The molecule has 100 valence electrons. The predicted octanol–water partition coefficient (Wildman–Crippen LogP) is 2.93. The lowest BCUT2D eigenvalue weighted by molar-refractivity contribution is -0.119. The van der Waals surface area contributed by atoms with Crippen LogP contribution in [0.25, 0.3) is 0 Å². The third-order valence-electron chi connectivity index (χ3n) is 3.07. The molecular formula is C14H27NO2. The second kappa shape index (κ2) is 7.46. The van der Waals surface area contributed by atoms with Gasteiger partial charge in [-0.2, -0.15) is 0 Å². The Kier molecular flexibility index (Phi) is 7.09. The maximum absolute atomic E-state index is 11.0. The molecule has 0 saturated heterocycles. The van der Waals surface area contributed by atoms with Gasteiger partial charge >= 0.3 is 0 Å². The van der Waals surface area contributed by atoms with Crippen molar-refractivity contribution in [3.8, 4) is 0 Å². The molecule has 1 atom stereocenters. The summed E-state index contributed by atoms with van der Waals surface area (Å²) in [4.78, 5) is 21.7. The van der Waals surface area contributed by atoms with Crippen molar-refractivity contribution in [1.82, 2.24) is 5.32 Å². The Morgan fingerprint density at radius 1 is 1.24 bits per heavy atom. The molecule has 0 aromatic carbocycles. The Morgan fingerprint density at radius 2 is 1.82 bits per heavy atom. The normalized spacial score (nSPS) is 13.2. The molecule has 3 nitrogen and oxygen atoms in total. The summed E-state index contributed by atoms with van der Waals surface area (Å²) in [5, 5.41) is 2.82. The van der Waals surface area contributed by atoms with Crippen molar-refractivity contribution in [2.45, 2.75) is 60.3 Å². The molecule has 0 aliphatic rings. The Morgan fingerprint density at radius 3 is 2.29 bits per heavy atom. The first-order valence-corrected chi connectivity index (χ1v) is 6.47. The molecule has 0 spiro atoms. The highest BCUT2D eigenvalue weighted by Gasteiger charge is 2.21. The summed E-state index contributed by atoms with van der Waals surface area (Å²) in [5.41, 5.74) is 0.210. The molecule has 3 heteroatoms. The van der Waals surface area contributed by atoms with Crippen LogP contribution in [0.15, 0.2) is 0 Å². The van der Waals surface area contributed by atoms with Gasteiger partial charge in [0.2, 0.25) is 5.91 Å². The highest BCUT2D eigenvalue weighted by Crippen LogP contribution is 2.31. The quantitative estimate of drug-likeness (QED) is 0.710. The second-order valence-electron chi connectivity index (χ2n) is 5.95. The third kappa shape index (κ3) is 10.0. The first kappa shape index (κ1) is 16.1. The summed E-state index contributed by atoms with van der Waals surface area (Å²) in [5.74, 6) is 0.876. The summed E-state index contributed by atoms with van der Waals surface area (Å²) >= 11 is 0. The van der Waals surface area contributed by atoms with Crippen LogP contribution in [0.5, 0.6) is 0 Å². The molecule has 1 N–H and O–H groups in total. The molecule has 0 aliphatic heterocycles. The van der Waals surface area contributed by atoms with Crippen molar-refractivity contribution in [2.24, 2.45) is 11.3 Å². The van der Waals surface area contributed by atoms with Gasteiger partial charge < -0.3 is 10.1 Å². The number of Topliss-reactive ketones (excluding diaryl/α,β-unsaturated/α-hetero) is 1. The smallest absolute Gasteiger partial charge is 0.216 e. The van der Waals surface area contributed by atoms with Gasteiger partial charge in [0.15, 0.2) is 0 Å². The Bertz CT molecular complexity index is 259. The number of carbonyl (C=O) groups is 2. The molecular weight excluding hydrogens is 214 g/mol. The fourth-order valence-corrected chi connectivity index (χ4v) is 2.16. The Hall–Kier alpha value is -0.860. The monoisotopic (exact) mass is 241 g/mol. The first-order chi connectivity index (χ1) is 7.73. The van der Waals surface area contributed by atoms with Gasteiger partial charge in [0.1, 0.15) is 5.78 Å². The molecule has 0 saturated carbocycles. The van der Waals surface area contributed by atoms with E-state index in [9.17, 15) is 9.59 Å². The molecule has 0 radical (unpaired) electrons. The maximum atomic E-state index is 11.0. The molecule has 1 unspecified atom stereocenters. The minimum absolute atomic E-state index is 0.0352. The summed E-state index contributed by atoms with van der Waals surface area (Å²) < 4.78 is 0. The molecule has 0 fully saturated rings. The van der Waals surface area contributed by atoms with Gasteiger partial charge in [-0.15, -0.1) is 0 Å². The van der Waals surface area contributed by atoms with Crippen LogP contribution < -0.4 is 5.32 Å². The van der Waals surface area contributed by atoms with E-state index in [1.54, 1.807) is 13.8 Å². The fourth-order valence-electron chi connectivity index (χ4n) is 2.16. The summed E-state index contributed by atoms with van der Waals surface area (Å²) in [7, 11) is 0. The van der Waals surface area contributed by atoms with Crippen molar-refractivity contribution in [3.05, 3.63) is 0 Å². The van der Waals surface area contributed by atoms with Gasteiger partial charge in [-0.1, -0.05) is 20.8 Å². The van der Waals surface area contributed by atoms with E-state index in [4.69, 9.17) is 0 Å². The van der Waals surface area contributed by atoms with E-state index in [2.05, 4.69) is 26.1 Å². The zero-order valence-electron chi connectivity index (χ0n) is 11.9. The van der Waals surface area contributed by atoms with E-state index in [0.717, 1.165) is 25.8 Å². The number of hydrogen-bond acceptors (Lipinski definition) is 2. The predicted molar refractivity (Wildman–Crippen MR) is 70.8 cm³/mol. The molecule has 17 heavy (non-hydrogen) atoms. The molecule has 0 heterocycles. The zero-order valence-corrected chi connectivity index (χ0v) is 11.9. The van der Waals surface area contributed by atoms with Crippen LogP contribution in [-0.4, -0.2) is 18.2 Å². The lowest BCUT2D eigenvalue weighted by atomic mass is 9.78. The van der Waals surface area contributed by atoms with Crippen molar-refractivity contribution in [1.29, 1.82) is 0 Å². The molecule has 0 aromatic heterocycles. The lowest BCUT2D eigenvalue weighted by Crippen LogP contribution is -2.24. The van der Waals surface area contributed by atoms with E-state index >= 15 is 0 Å². The van der Waals surface area contributed by atoms with E-state index in [0.29, 0.717) is 12.3 Å². The van der Waals surface area contributed by atoms with Crippen molar-refractivity contribution in [2.75, 3.05) is 6.54 Å². The first-order valence-electron chi connectivity index (χ1n) is 6.47. The van der Waals surface area contributed by atoms with Crippen molar-refractivity contribution < 1.29 is 9.59 Å². The van der Waals surface area contributed by atoms with Gasteiger partial charge in [0, 0.05) is 19.9 Å². The van der Waals surface area contributed by atoms with Crippen LogP contribution in [0.2, 0.25) is 0 Å². The van der Waals surface area contributed by atoms with Crippen molar-refractivity contribution in [3.63, 3.8) is 0 Å². The van der Waals surface area contributed by atoms with E-state index in [1.807, 2.05) is 0 Å². The molecule has 1 amide bonds. The van der Waals surface area contributed by atoms with E-state index in [-0.39, 0.29) is 17.1 Å². The molecule has 0 aliphatic carbocycles. The van der Waals surface area contributed by atoms with E-state index < -0.39 is 0 Å². The largest absolute Gasteiger partial charge is 0.356 e. The second-order valence-corrected chi connectivity index (χ2v) is 5.95. The van der Waals surface area contributed by atoms with Gasteiger partial charge in [-0.25, -0.2) is 0 Å². The van der Waals surface area contributed by atoms with Gasteiger partial charge in [-0.3, -0.25) is 4.79 Å². The van der Waals surface area contributed by atoms with Gasteiger partial charge in [-0.05, 0) is 37.5 Å². The average molecular weight is 241 g/mol. The number of nitrogens with one attached hydrogen (secondary N) is 1. The minimum Gasteiger partial charge on any atom is -0.356 e. The highest BCUT2D eigenvalue weighted by atomic mass is 16.1. The molecule has 0 aromatic rings. The van der Waals surface area contributed by atoms with Crippen LogP contribution in [0.3, 0.4) is 0 Å². The number of amides is 1. The fraction of sp³-hybridized carbons (Fsp3) is 0.857. The van der Waals surface area contributed by atoms with Crippen LogP contribution in [0.1, 0.15) is 60.3 Å². The molecule has 0 bridgehead atoms. The number of hydrogen-bond donors (Lipinski definition) is 1. The van der Waals surface area contributed by atoms with Crippen molar-refractivity contribution >= 4 is 11.7 Å².